The third-order valence-electron chi connectivity index (χ3n) is 2.17. The second-order valence-electron chi connectivity index (χ2n) is 4.45. The molecule has 0 saturated heterocycles. The van der Waals surface area contributed by atoms with Gasteiger partial charge in [-0.05, 0) is 30.4 Å². The van der Waals surface area contributed by atoms with E-state index < -0.39 is 0 Å². The fourth-order valence-electron chi connectivity index (χ4n) is 1.17. The standard InChI is InChI=1S/C13H23N/c1-6-11(13(3,4)5)9-8-10-12(14)7-2/h6,8-10H,7,14H2,1-5H3/b9-8-,11-6+,12-10-. The number of nitrogens with two attached hydrogens (primary N) is 1. The van der Waals surface area contributed by atoms with Gasteiger partial charge in [-0.3, -0.25) is 0 Å². The molecule has 0 aromatic carbocycles. The lowest BCUT2D eigenvalue weighted by atomic mass is 9.86. The third kappa shape index (κ3) is 4.90. The highest BCUT2D eigenvalue weighted by atomic mass is 14.6. The predicted molar refractivity (Wildman–Crippen MR) is 64.9 cm³/mol. The van der Waals surface area contributed by atoms with Gasteiger partial charge in [-0.1, -0.05) is 45.9 Å². The summed E-state index contributed by atoms with van der Waals surface area (Å²) in [5.41, 5.74) is 8.16. The molecule has 1 nitrogen and oxygen atoms in total. The van der Waals surface area contributed by atoms with E-state index in [1.54, 1.807) is 0 Å². The fourth-order valence-corrected chi connectivity index (χ4v) is 1.17. The zero-order valence-corrected chi connectivity index (χ0v) is 10.1. The maximum atomic E-state index is 5.70. The minimum Gasteiger partial charge on any atom is -0.402 e. The molecule has 0 bridgehead atoms. The normalized spacial score (nSPS) is 15.2. The van der Waals surface area contributed by atoms with E-state index in [0.29, 0.717) is 0 Å². The smallest absolute Gasteiger partial charge is 0.00776 e. The van der Waals surface area contributed by atoms with Crippen LogP contribution in [0.15, 0.2) is 35.6 Å². The van der Waals surface area contributed by atoms with Crippen molar-refractivity contribution >= 4 is 0 Å². The SMILES string of the molecule is C\C=C(/C=C\C=C(/N)CC)C(C)(C)C. The van der Waals surface area contributed by atoms with Crippen LogP contribution in [0.5, 0.6) is 0 Å². The highest BCUT2D eigenvalue weighted by Gasteiger charge is 2.12. The van der Waals surface area contributed by atoms with Gasteiger partial charge in [-0.25, -0.2) is 0 Å². The van der Waals surface area contributed by atoms with Gasteiger partial charge < -0.3 is 5.73 Å². The zero-order chi connectivity index (χ0) is 11.2. The predicted octanol–water partition coefficient (Wildman–Crippen LogP) is 3.79. The van der Waals surface area contributed by atoms with Crippen molar-refractivity contribution in [3.05, 3.63) is 35.6 Å². The first-order valence-electron chi connectivity index (χ1n) is 5.21. The molecule has 0 rings (SSSR count). The topological polar surface area (TPSA) is 26.0 Å². The summed E-state index contributed by atoms with van der Waals surface area (Å²) in [4.78, 5) is 0. The van der Waals surface area contributed by atoms with Gasteiger partial charge in [0.1, 0.15) is 0 Å². The van der Waals surface area contributed by atoms with E-state index in [-0.39, 0.29) is 5.41 Å². The van der Waals surface area contributed by atoms with Crippen molar-refractivity contribution in [1.82, 2.24) is 0 Å². The molecule has 0 heterocycles. The molecule has 2 N–H and O–H groups in total. The van der Waals surface area contributed by atoms with Crippen LogP contribution >= 0.6 is 0 Å². The van der Waals surface area contributed by atoms with Crippen molar-refractivity contribution in [2.75, 3.05) is 0 Å². The lowest BCUT2D eigenvalue weighted by Gasteiger charge is -2.19. The first-order chi connectivity index (χ1) is 6.41. The van der Waals surface area contributed by atoms with Crippen molar-refractivity contribution in [3.63, 3.8) is 0 Å². The fraction of sp³-hybridized carbons (Fsp3) is 0.538. The molecule has 80 valence electrons. The van der Waals surface area contributed by atoms with Gasteiger partial charge in [0.2, 0.25) is 0 Å². The average molecular weight is 193 g/mol. The molecule has 0 unspecified atom stereocenters. The monoisotopic (exact) mass is 193 g/mol. The number of allylic oxidation sites excluding steroid dienone is 6. The summed E-state index contributed by atoms with van der Waals surface area (Å²) in [7, 11) is 0. The molecule has 0 aliphatic rings. The van der Waals surface area contributed by atoms with Crippen molar-refractivity contribution in [2.24, 2.45) is 11.1 Å². The number of rotatable bonds is 3. The van der Waals surface area contributed by atoms with Crippen LogP contribution in [0.3, 0.4) is 0 Å². The summed E-state index contributed by atoms with van der Waals surface area (Å²) in [6.07, 6.45) is 9.18. The first-order valence-corrected chi connectivity index (χ1v) is 5.21. The highest BCUT2D eigenvalue weighted by molar-refractivity contribution is 5.27. The number of hydrogen-bond donors (Lipinski definition) is 1. The van der Waals surface area contributed by atoms with Gasteiger partial charge in [-0.2, -0.15) is 0 Å². The van der Waals surface area contributed by atoms with Gasteiger partial charge in [-0.15, -0.1) is 0 Å². The lowest BCUT2D eigenvalue weighted by molar-refractivity contribution is 0.516. The Labute approximate surface area is 88.4 Å². The lowest BCUT2D eigenvalue weighted by Crippen LogP contribution is -2.06. The number of hydrogen-bond acceptors (Lipinski definition) is 1. The summed E-state index contributed by atoms with van der Waals surface area (Å²) in [5, 5.41) is 0. The van der Waals surface area contributed by atoms with Crippen LogP contribution < -0.4 is 5.73 Å². The Hall–Kier alpha value is -0.980. The van der Waals surface area contributed by atoms with Gasteiger partial charge in [0.25, 0.3) is 0 Å². The quantitative estimate of drug-likeness (QED) is 0.678. The largest absolute Gasteiger partial charge is 0.402 e. The van der Waals surface area contributed by atoms with E-state index in [2.05, 4.69) is 46.8 Å². The summed E-state index contributed by atoms with van der Waals surface area (Å²) in [5.74, 6) is 0. The molecule has 0 aromatic heterocycles. The van der Waals surface area contributed by atoms with Gasteiger partial charge in [0, 0.05) is 5.70 Å². The van der Waals surface area contributed by atoms with Crippen LogP contribution in [-0.4, -0.2) is 0 Å². The van der Waals surface area contributed by atoms with E-state index in [1.165, 1.54) is 5.57 Å². The van der Waals surface area contributed by atoms with Crippen LogP contribution in [0.1, 0.15) is 41.0 Å². The zero-order valence-electron chi connectivity index (χ0n) is 10.1. The van der Waals surface area contributed by atoms with Crippen LogP contribution in [0.25, 0.3) is 0 Å². The first kappa shape index (κ1) is 13.0. The van der Waals surface area contributed by atoms with Crippen LogP contribution in [-0.2, 0) is 0 Å². The van der Waals surface area contributed by atoms with Crippen LogP contribution in [0, 0.1) is 5.41 Å². The van der Waals surface area contributed by atoms with E-state index in [9.17, 15) is 0 Å². The molecular formula is C13H23N. The molecule has 0 radical (unpaired) electrons. The molecule has 0 aliphatic carbocycles. The van der Waals surface area contributed by atoms with Crippen molar-refractivity contribution < 1.29 is 0 Å². The molecule has 0 amide bonds. The van der Waals surface area contributed by atoms with Gasteiger partial charge in [0.05, 0.1) is 0 Å². The summed E-state index contributed by atoms with van der Waals surface area (Å²) in [6.45, 7) is 10.7. The highest BCUT2D eigenvalue weighted by Crippen LogP contribution is 2.25. The Bertz CT molecular complexity index is 249. The maximum absolute atomic E-state index is 5.70. The van der Waals surface area contributed by atoms with Crippen molar-refractivity contribution in [2.45, 2.75) is 41.0 Å². The molecule has 14 heavy (non-hydrogen) atoms. The van der Waals surface area contributed by atoms with Crippen LogP contribution in [0.2, 0.25) is 0 Å². The molecule has 0 atom stereocenters. The molecule has 0 aromatic rings. The maximum Gasteiger partial charge on any atom is 0.00776 e. The second kappa shape index (κ2) is 5.69. The Morgan fingerprint density at radius 3 is 2.21 bits per heavy atom. The van der Waals surface area contributed by atoms with E-state index in [4.69, 9.17) is 5.73 Å². The average Bonchev–Trinajstić information content (AvgIpc) is 2.09. The van der Waals surface area contributed by atoms with Crippen LogP contribution in [0.4, 0.5) is 0 Å². The summed E-state index contributed by atoms with van der Waals surface area (Å²) >= 11 is 0. The molecule has 0 saturated carbocycles. The van der Waals surface area contributed by atoms with Crippen molar-refractivity contribution in [3.8, 4) is 0 Å². The van der Waals surface area contributed by atoms with Gasteiger partial charge >= 0.3 is 0 Å². The molecule has 0 fully saturated rings. The minimum absolute atomic E-state index is 0.208. The Morgan fingerprint density at radius 2 is 1.86 bits per heavy atom. The molecule has 1 heteroatoms. The minimum atomic E-state index is 0.208. The second-order valence-corrected chi connectivity index (χ2v) is 4.45. The summed E-state index contributed by atoms with van der Waals surface area (Å²) < 4.78 is 0. The third-order valence-corrected chi connectivity index (χ3v) is 2.17. The molecule has 0 aliphatic heterocycles. The van der Waals surface area contributed by atoms with E-state index >= 15 is 0 Å². The van der Waals surface area contributed by atoms with E-state index in [1.807, 2.05) is 12.2 Å². The summed E-state index contributed by atoms with van der Waals surface area (Å²) in [6, 6.07) is 0. The molecule has 0 spiro atoms. The van der Waals surface area contributed by atoms with E-state index in [0.717, 1.165) is 12.1 Å². The Kier molecular flexibility index (Phi) is 5.29. The van der Waals surface area contributed by atoms with Gasteiger partial charge in [0.15, 0.2) is 0 Å². The Balaban J connectivity index is 4.51. The Morgan fingerprint density at radius 1 is 1.29 bits per heavy atom. The molecular weight excluding hydrogens is 170 g/mol. The van der Waals surface area contributed by atoms with Crippen molar-refractivity contribution in [1.29, 1.82) is 0 Å².